The van der Waals surface area contributed by atoms with Crippen molar-refractivity contribution < 1.29 is 14.4 Å². The zero-order valence-corrected chi connectivity index (χ0v) is 17.7. The lowest BCUT2D eigenvalue weighted by Crippen LogP contribution is -2.40. The average molecular weight is 433 g/mol. The number of halogens is 1. The Morgan fingerprint density at radius 3 is 2.32 bits per heavy atom. The highest BCUT2D eigenvalue weighted by atomic mass is 35.5. The SMILES string of the molecule is Cc1ccc(NC(=O)c2cccc(N3C(=O)[C@H]4[C@@H]5C=C[C@@H]([C@H]6C[C@H]56)[C@@H]4C3=O)c2)cc1Cl. The van der Waals surface area contributed by atoms with E-state index >= 15 is 0 Å². The summed E-state index contributed by atoms with van der Waals surface area (Å²) in [5, 5.41) is 3.40. The van der Waals surface area contributed by atoms with Gasteiger partial charge in [0.05, 0.1) is 17.5 Å². The van der Waals surface area contributed by atoms with Crippen LogP contribution in [0.5, 0.6) is 0 Å². The number of amides is 3. The lowest BCUT2D eigenvalue weighted by Gasteiger charge is -2.37. The molecule has 4 aliphatic carbocycles. The van der Waals surface area contributed by atoms with Gasteiger partial charge in [0.1, 0.15) is 0 Å². The molecule has 1 saturated heterocycles. The number of imide groups is 1. The Morgan fingerprint density at radius 1 is 1.00 bits per heavy atom. The molecule has 0 aromatic heterocycles. The molecule has 2 saturated carbocycles. The lowest BCUT2D eigenvalue weighted by molar-refractivity contribution is -0.124. The summed E-state index contributed by atoms with van der Waals surface area (Å²) < 4.78 is 0. The Bertz CT molecular complexity index is 1150. The fourth-order valence-corrected chi connectivity index (χ4v) is 6.05. The first-order valence-electron chi connectivity index (χ1n) is 10.7. The molecule has 3 amide bonds. The molecular weight excluding hydrogens is 412 g/mol. The van der Waals surface area contributed by atoms with Crippen molar-refractivity contribution in [1.29, 1.82) is 0 Å². The van der Waals surface area contributed by atoms with E-state index in [2.05, 4.69) is 17.5 Å². The van der Waals surface area contributed by atoms with Gasteiger partial charge in [-0.15, -0.1) is 0 Å². The maximum Gasteiger partial charge on any atom is 0.255 e. The van der Waals surface area contributed by atoms with Gasteiger partial charge in [0, 0.05) is 16.3 Å². The van der Waals surface area contributed by atoms with Crippen molar-refractivity contribution in [2.24, 2.45) is 35.5 Å². The summed E-state index contributed by atoms with van der Waals surface area (Å²) >= 11 is 6.15. The van der Waals surface area contributed by atoms with E-state index in [0.29, 0.717) is 33.8 Å². The van der Waals surface area contributed by atoms with Gasteiger partial charge in [-0.05, 0) is 72.9 Å². The summed E-state index contributed by atoms with van der Waals surface area (Å²) in [6.45, 7) is 1.89. The molecule has 6 atom stereocenters. The average Bonchev–Trinajstić information content (AvgIpc) is 3.54. The van der Waals surface area contributed by atoms with Gasteiger partial charge < -0.3 is 5.32 Å². The van der Waals surface area contributed by atoms with E-state index in [-0.39, 0.29) is 41.4 Å². The molecule has 1 heterocycles. The molecule has 2 bridgehead atoms. The van der Waals surface area contributed by atoms with E-state index in [9.17, 15) is 14.4 Å². The third-order valence-electron chi connectivity index (χ3n) is 7.46. The van der Waals surface area contributed by atoms with Crippen LogP contribution in [0.25, 0.3) is 0 Å². The highest BCUT2D eigenvalue weighted by Gasteiger charge is 2.67. The first-order valence-corrected chi connectivity index (χ1v) is 11.1. The zero-order chi connectivity index (χ0) is 21.4. The van der Waals surface area contributed by atoms with Crippen LogP contribution in [-0.2, 0) is 9.59 Å². The molecule has 2 aromatic rings. The summed E-state index contributed by atoms with van der Waals surface area (Å²) in [5.74, 6) is 0.416. The maximum absolute atomic E-state index is 13.3. The first-order chi connectivity index (χ1) is 14.9. The highest BCUT2D eigenvalue weighted by molar-refractivity contribution is 6.31. The van der Waals surface area contributed by atoms with E-state index < -0.39 is 0 Å². The van der Waals surface area contributed by atoms with E-state index in [1.165, 1.54) is 4.90 Å². The minimum absolute atomic E-state index is 0.123. The van der Waals surface area contributed by atoms with Crippen LogP contribution in [0.1, 0.15) is 22.3 Å². The molecule has 7 rings (SSSR count). The van der Waals surface area contributed by atoms with Crippen LogP contribution in [0.2, 0.25) is 5.02 Å². The number of allylic oxidation sites excluding steroid dienone is 2. The number of benzene rings is 2. The summed E-state index contributed by atoms with van der Waals surface area (Å²) in [6, 6.07) is 12.0. The smallest absolute Gasteiger partial charge is 0.255 e. The minimum atomic E-state index is -0.318. The zero-order valence-electron chi connectivity index (χ0n) is 16.9. The van der Waals surface area contributed by atoms with E-state index in [0.717, 1.165) is 12.0 Å². The summed E-state index contributed by atoms with van der Waals surface area (Å²) in [7, 11) is 0. The molecule has 156 valence electrons. The molecule has 0 unspecified atom stereocenters. The van der Waals surface area contributed by atoms with Gasteiger partial charge in [-0.2, -0.15) is 0 Å². The highest BCUT2D eigenvalue weighted by Crippen LogP contribution is 2.65. The fraction of sp³-hybridized carbons (Fsp3) is 0.320. The van der Waals surface area contributed by atoms with Gasteiger partial charge in [0.2, 0.25) is 11.8 Å². The van der Waals surface area contributed by atoms with Crippen LogP contribution < -0.4 is 10.2 Å². The molecule has 0 radical (unpaired) electrons. The molecular formula is C25H21ClN2O3. The molecule has 1 N–H and O–H groups in total. The van der Waals surface area contributed by atoms with Crippen LogP contribution in [0.3, 0.4) is 0 Å². The van der Waals surface area contributed by atoms with E-state index in [1.54, 1.807) is 36.4 Å². The minimum Gasteiger partial charge on any atom is -0.322 e. The summed E-state index contributed by atoms with van der Waals surface area (Å²) in [4.78, 5) is 40.7. The monoisotopic (exact) mass is 432 g/mol. The molecule has 5 aliphatic rings. The van der Waals surface area contributed by atoms with E-state index in [1.807, 2.05) is 13.0 Å². The Balaban J connectivity index is 1.28. The summed E-state index contributed by atoms with van der Waals surface area (Å²) in [5.41, 5.74) is 2.36. The van der Waals surface area contributed by atoms with Gasteiger partial charge in [0.15, 0.2) is 0 Å². The third kappa shape index (κ3) is 2.72. The topological polar surface area (TPSA) is 66.5 Å². The van der Waals surface area contributed by atoms with Crippen molar-refractivity contribution in [3.05, 3.63) is 70.8 Å². The second-order valence-corrected chi connectivity index (χ2v) is 9.54. The standard InChI is InChI=1S/C25H21ClN2O3/c1-12-5-6-14(10-20(12)26)27-23(29)13-3-2-4-15(9-13)28-24(30)21-16-7-8-17(19-11-18(16)19)22(21)25(28)31/h2-10,16-19,21-22H,11H2,1H3,(H,27,29)/t16-,17+,18-,19-,21+,22+/m1/s1. The Hall–Kier alpha value is -2.92. The molecule has 1 aliphatic heterocycles. The quantitative estimate of drug-likeness (QED) is 0.575. The first kappa shape index (κ1) is 18.8. The number of carbonyl (C=O) groups excluding carboxylic acids is 3. The second-order valence-electron chi connectivity index (χ2n) is 9.13. The van der Waals surface area contributed by atoms with Crippen molar-refractivity contribution in [2.75, 3.05) is 10.2 Å². The van der Waals surface area contributed by atoms with Gasteiger partial charge in [-0.25, -0.2) is 4.90 Å². The van der Waals surface area contributed by atoms with Gasteiger partial charge in [0.25, 0.3) is 5.91 Å². The number of hydrogen-bond acceptors (Lipinski definition) is 3. The van der Waals surface area contributed by atoms with Crippen molar-refractivity contribution in [1.82, 2.24) is 0 Å². The normalized spacial score (nSPS) is 32.1. The molecule has 2 aromatic carbocycles. The number of anilines is 2. The van der Waals surface area contributed by atoms with Crippen molar-refractivity contribution >= 4 is 40.7 Å². The molecule has 31 heavy (non-hydrogen) atoms. The van der Waals surface area contributed by atoms with E-state index in [4.69, 9.17) is 11.6 Å². The Morgan fingerprint density at radius 2 is 1.68 bits per heavy atom. The predicted molar refractivity (Wildman–Crippen MR) is 118 cm³/mol. The molecule has 5 nitrogen and oxygen atoms in total. The number of carbonyl (C=O) groups is 3. The van der Waals surface area contributed by atoms with Crippen molar-refractivity contribution in [2.45, 2.75) is 13.3 Å². The fourth-order valence-electron chi connectivity index (χ4n) is 5.87. The van der Waals surface area contributed by atoms with Crippen LogP contribution in [0.4, 0.5) is 11.4 Å². The van der Waals surface area contributed by atoms with Crippen molar-refractivity contribution in [3.8, 4) is 0 Å². The number of rotatable bonds is 3. The molecule has 0 spiro atoms. The number of hydrogen-bond donors (Lipinski definition) is 1. The van der Waals surface area contributed by atoms with Gasteiger partial charge in [-0.3, -0.25) is 14.4 Å². The molecule has 3 fully saturated rings. The Labute approximate surface area is 185 Å². The number of aryl methyl sites for hydroxylation is 1. The Kier molecular flexibility index (Phi) is 3.97. The number of nitrogens with zero attached hydrogens (tertiary/aromatic N) is 1. The largest absolute Gasteiger partial charge is 0.322 e. The van der Waals surface area contributed by atoms with Crippen LogP contribution in [0, 0.1) is 42.4 Å². The number of nitrogens with one attached hydrogen (secondary N) is 1. The maximum atomic E-state index is 13.3. The van der Waals surface area contributed by atoms with Gasteiger partial charge >= 0.3 is 0 Å². The second kappa shape index (κ2) is 6.54. The predicted octanol–water partition coefficient (Wildman–Crippen LogP) is 4.46. The summed E-state index contributed by atoms with van der Waals surface area (Å²) in [6.07, 6.45) is 5.45. The van der Waals surface area contributed by atoms with Crippen LogP contribution in [0.15, 0.2) is 54.6 Å². The van der Waals surface area contributed by atoms with Crippen molar-refractivity contribution in [3.63, 3.8) is 0 Å². The van der Waals surface area contributed by atoms with Crippen LogP contribution >= 0.6 is 11.6 Å². The third-order valence-corrected chi connectivity index (χ3v) is 7.87. The molecule has 6 heteroatoms. The van der Waals surface area contributed by atoms with Gasteiger partial charge in [-0.1, -0.05) is 35.9 Å². The lowest BCUT2D eigenvalue weighted by atomic mass is 9.63. The van der Waals surface area contributed by atoms with Crippen LogP contribution in [-0.4, -0.2) is 17.7 Å².